The first-order valence-corrected chi connectivity index (χ1v) is 13.6. The summed E-state index contributed by atoms with van der Waals surface area (Å²) in [6.45, 7) is 2.56. The first kappa shape index (κ1) is 24.5. The van der Waals surface area contributed by atoms with E-state index in [0.29, 0.717) is 30.3 Å². The highest BCUT2D eigenvalue weighted by atomic mass is 35.5. The maximum Gasteiger partial charge on any atom is 0.250 e. The Hall–Kier alpha value is -3.20. The van der Waals surface area contributed by atoms with E-state index in [1.165, 1.54) is 23.4 Å². The van der Waals surface area contributed by atoms with Crippen LogP contribution in [0, 0.1) is 5.92 Å². The number of fused-ring (bicyclic) bond motifs is 4. The van der Waals surface area contributed by atoms with Gasteiger partial charge in [-0.2, -0.15) is 4.31 Å². The minimum absolute atomic E-state index is 0.0536. The fourth-order valence-electron chi connectivity index (χ4n) is 5.16. The number of benzene rings is 2. The van der Waals surface area contributed by atoms with Gasteiger partial charge >= 0.3 is 0 Å². The third-order valence-electron chi connectivity index (χ3n) is 6.73. The first-order chi connectivity index (χ1) is 17.2. The van der Waals surface area contributed by atoms with Crippen molar-refractivity contribution in [1.29, 1.82) is 0 Å². The molecule has 0 saturated carbocycles. The topological polar surface area (TPSA) is 88.5 Å². The summed E-state index contributed by atoms with van der Waals surface area (Å²) >= 11 is 5.99. The van der Waals surface area contributed by atoms with Crippen LogP contribution in [0.3, 0.4) is 0 Å². The molecule has 1 saturated heterocycles. The predicted molar refractivity (Wildman–Crippen MR) is 141 cm³/mol. The van der Waals surface area contributed by atoms with Crippen LogP contribution in [0.15, 0.2) is 70.4 Å². The molecular formula is C27H26ClN3O4S. The molecule has 2 aromatic carbocycles. The molecule has 1 amide bonds. The highest BCUT2D eigenvalue weighted by molar-refractivity contribution is 7.89. The number of anilines is 1. The van der Waals surface area contributed by atoms with E-state index < -0.39 is 10.0 Å². The van der Waals surface area contributed by atoms with Crippen LogP contribution in [0.4, 0.5) is 5.69 Å². The standard InChI is InChI=1S/C27H26ClN3O4S/c1-18(32)29-24-9-11-25(12-10-24)36(34,35)30-15-20-14-22(17-30)27-21(6-13-26(33)31(27)16-20)5-2-19-3-7-23(28)8-4-19/h2-13,20,22H,14-17H2,1H3,(H,29,32)/b5-2+/t20-,22+/m0/s1. The fourth-order valence-corrected chi connectivity index (χ4v) is 6.85. The first-order valence-electron chi connectivity index (χ1n) is 11.8. The minimum Gasteiger partial charge on any atom is -0.326 e. The fraction of sp³-hybridized carbons (Fsp3) is 0.259. The molecule has 5 rings (SSSR count). The highest BCUT2D eigenvalue weighted by Gasteiger charge is 2.40. The highest BCUT2D eigenvalue weighted by Crippen LogP contribution is 2.39. The lowest BCUT2D eigenvalue weighted by atomic mass is 9.82. The normalized spacial score (nSPS) is 19.7. The smallest absolute Gasteiger partial charge is 0.250 e. The van der Waals surface area contributed by atoms with Crippen molar-refractivity contribution in [2.24, 2.45) is 5.92 Å². The van der Waals surface area contributed by atoms with Gasteiger partial charge < -0.3 is 9.88 Å². The minimum atomic E-state index is -3.73. The number of pyridine rings is 1. The van der Waals surface area contributed by atoms with Crippen LogP contribution >= 0.6 is 11.6 Å². The number of nitrogens with one attached hydrogen (secondary N) is 1. The molecule has 0 unspecified atom stereocenters. The van der Waals surface area contributed by atoms with Crippen LogP contribution in [-0.2, 0) is 21.4 Å². The number of carbonyl (C=O) groups is 1. The van der Waals surface area contributed by atoms with Gasteiger partial charge in [-0.25, -0.2) is 8.42 Å². The molecule has 9 heteroatoms. The molecule has 0 spiro atoms. The summed E-state index contributed by atoms with van der Waals surface area (Å²) in [5, 5.41) is 3.31. The predicted octanol–water partition coefficient (Wildman–Crippen LogP) is 4.44. The van der Waals surface area contributed by atoms with Crippen LogP contribution < -0.4 is 10.9 Å². The number of carbonyl (C=O) groups excluding carboxylic acids is 1. The Balaban J connectivity index is 1.44. The second kappa shape index (κ2) is 9.69. The van der Waals surface area contributed by atoms with Gasteiger partial charge in [-0.1, -0.05) is 35.9 Å². The number of rotatable bonds is 5. The van der Waals surface area contributed by atoms with Crippen molar-refractivity contribution in [2.75, 3.05) is 18.4 Å². The largest absolute Gasteiger partial charge is 0.326 e. The Morgan fingerprint density at radius 2 is 1.69 bits per heavy atom. The second-order valence-corrected chi connectivity index (χ2v) is 11.7. The van der Waals surface area contributed by atoms with Crippen LogP contribution in [0.1, 0.15) is 36.1 Å². The van der Waals surface area contributed by atoms with Crippen molar-refractivity contribution >= 4 is 45.4 Å². The molecule has 0 radical (unpaired) electrons. The third kappa shape index (κ3) is 4.89. The zero-order valence-electron chi connectivity index (χ0n) is 19.7. The van der Waals surface area contributed by atoms with Gasteiger partial charge in [0.25, 0.3) is 5.56 Å². The van der Waals surface area contributed by atoms with Crippen molar-refractivity contribution in [3.8, 4) is 0 Å². The maximum absolute atomic E-state index is 13.5. The van der Waals surface area contributed by atoms with Gasteiger partial charge in [-0.15, -0.1) is 0 Å². The van der Waals surface area contributed by atoms with Gasteiger partial charge in [0.2, 0.25) is 15.9 Å². The summed E-state index contributed by atoms with van der Waals surface area (Å²) in [7, 11) is -3.73. The summed E-state index contributed by atoms with van der Waals surface area (Å²) < 4.78 is 30.3. The number of sulfonamides is 1. The summed E-state index contributed by atoms with van der Waals surface area (Å²) in [5.74, 6) is -0.258. The van der Waals surface area contributed by atoms with E-state index in [0.717, 1.165) is 23.2 Å². The third-order valence-corrected chi connectivity index (χ3v) is 8.82. The van der Waals surface area contributed by atoms with Gasteiger partial charge in [0, 0.05) is 54.9 Å². The molecule has 2 aliphatic rings. The van der Waals surface area contributed by atoms with Gasteiger partial charge in [0.15, 0.2) is 0 Å². The molecule has 1 fully saturated rings. The Morgan fingerprint density at radius 1 is 0.972 bits per heavy atom. The number of nitrogens with zero attached hydrogens (tertiary/aromatic N) is 2. The van der Waals surface area contributed by atoms with Crippen molar-refractivity contribution in [3.05, 3.63) is 92.9 Å². The molecule has 2 atom stereocenters. The summed E-state index contributed by atoms with van der Waals surface area (Å²) in [6.07, 6.45) is 4.78. The summed E-state index contributed by atoms with van der Waals surface area (Å²) in [6, 6.07) is 17.1. The Morgan fingerprint density at radius 3 is 2.39 bits per heavy atom. The van der Waals surface area contributed by atoms with Crippen LogP contribution in [0.25, 0.3) is 12.2 Å². The number of aromatic nitrogens is 1. The molecule has 0 aliphatic carbocycles. The Bertz CT molecular complexity index is 1500. The molecule has 7 nitrogen and oxygen atoms in total. The van der Waals surface area contributed by atoms with Crippen LogP contribution in [0.2, 0.25) is 5.02 Å². The molecule has 186 valence electrons. The number of hydrogen-bond acceptors (Lipinski definition) is 4. The van der Waals surface area contributed by atoms with Crippen molar-refractivity contribution in [3.63, 3.8) is 0 Å². The lowest BCUT2D eigenvalue weighted by molar-refractivity contribution is -0.114. The monoisotopic (exact) mass is 523 g/mol. The van der Waals surface area contributed by atoms with Crippen molar-refractivity contribution < 1.29 is 13.2 Å². The van der Waals surface area contributed by atoms with E-state index in [2.05, 4.69) is 5.32 Å². The number of amides is 1. The zero-order chi connectivity index (χ0) is 25.4. The molecule has 2 bridgehead atoms. The molecule has 36 heavy (non-hydrogen) atoms. The lowest BCUT2D eigenvalue weighted by Crippen LogP contribution is -2.49. The van der Waals surface area contributed by atoms with Crippen LogP contribution in [-0.4, -0.2) is 36.3 Å². The van der Waals surface area contributed by atoms with Crippen LogP contribution in [0.5, 0.6) is 0 Å². The molecule has 3 heterocycles. The van der Waals surface area contributed by atoms with E-state index >= 15 is 0 Å². The summed E-state index contributed by atoms with van der Waals surface area (Å²) in [5.41, 5.74) is 3.25. The average molecular weight is 524 g/mol. The Kier molecular flexibility index (Phi) is 6.59. The van der Waals surface area contributed by atoms with Gasteiger partial charge in [0.05, 0.1) is 4.90 Å². The molecule has 1 N–H and O–H groups in total. The number of piperidine rings is 1. The van der Waals surface area contributed by atoms with E-state index in [1.807, 2.05) is 47.1 Å². The molecule has 2 aliphatic heterocycles. The number of hydrogen-bond donors (Lipinski definition) is 1. The second-order valence-electron chi connectivity index (χ2n) is 9.33. The molecular weight excluding hydrogens is 498 g/mol. The molecule has 3 aromatic rings. The van der Waals surface area contributed by atoms with E-state index in [-0.39, 0.29) is 28.2 Å². The van der Waals surface area contributed by atoms with Crippen molar-refractivity contribution in [2.45, 2.75) is 30.7 Å². The average Bonchev–Trinajstić information content (AvgIpc) is 2.85. The van der Waals surface area contributed by atoms with Crippen molar-refractivity contribution in [1.82, 2.24) is 8.87 Å². The lowest BCUT2D eigenvalue weighted by Gasteiger charge is -2.42. The van der Waals surface area contributed by atoms with E-state index in [4.69, 9.17) is 11.6 Å². The molecule has 1 aromatic heterocycles. The van der Waals surface area contributed by atoms with Gasteiger partial charge in [-0.3, -0.25) is 9.59 Å². The Labute approximate surface area is 215 Å². The number of halogens is 1. The van der Waals surface area contributed by atoms with Gasteiger partial charge in [0.1, 0.15) is 0 Å². The quantitative estimate of drug-likeness (QED) is 0.535. The summed E-state index contributed by atoms with van der Waals surface area (Å²) in [4.78, 5) is 24.2. The maximum atomic E-state index is 13.5. The van der Waals surface area contributed by atoms with E-state index in [1.54, 1.807) is 18.2 Å². The van der Waals surface area contributed by atoms with Gasteiger partial charge in [-0.05, 0) is 65.9 Å². The SMILES string of the molecule is CC(=O)Nc1ccc(S(=O)(=O)N2C[C@@H]3C[C@H](C2)c2c(/C=C/c4ccc(Cl)cc4)ccc(=O)n2C3)cc1. The van der Waals surface area contributed by atoms with E-state index in [9.17, 15) is 18.0 Å². The zero-order valence-corrected chi connectivity index (χ0v) is 21.3.